The number of hydrogen-bond acceptors (Lipinski definition) is 3. The number of likely N-dealkylation sites (tertiary alicyclic amines) is 1. The van der Waals surface area contributed by atoms with E-state index < -0.39 is 11.4 Å². The maximum Gasteiger partial charge on any atom is 0.311 e. The number of anilines is 1. The van der Waals surface area contributed by atoms with Gasteiger partial charge in [0, 0.05) is 19.6 Å². The predicted molar refractivity (Wildman–Crippen MR) is 93.3 cm³/mol. The first-order valence-electron chi connectivity index (χ1n) is 8.57. The maximum atomic E-state index is 13.1. The SMILES string of the molecule is C=CCC1(C(=O)O)CCCN(C(=O)c2cccc3c2NCCC3)C1. The zero-order chi connectivity index (χ0) is 17.2. The summed E-state index contributed by atoms with van der Waals surface area (Å²) >= 11 is 0. The molecule has 1 aromatic carbocycles. The van der Waals surface area contributed by atoms with Gasteiger partial charge in [-0.1, -0.05) is 18.2 Å². The van der Waals surface area contributed by atoms with E-state index in [9.17, 15) is 14.7 Å². The van der Waals surface area contributed by atoms with Crippen molar-refractivity contribution in [1.29, 1.82) is 0 Å². The van der Waals surface area contributed by atoms with Crippen molar-refractivity contribution < 1.29 is 14.7 Å². The molecule has 0 aliphatic carbocycles. The number of rotatable bonds is 4. The van der Waals surface area contributed by atoms with Crippen molar-refractivity contribution in [3.8, 4) is 0 Å². The summed E-state index contributed by atoms with van der Waals surface area (Å²) < 4.78 is 0. The fraction of sp³-hybridized carbons (Fsp3) is 0.474. The Kier molecular flexibility index (Phi) is 4.60. The summed E-state index contributed by atoms with van der Waals surface area (Å²) in [5.41, 5.74) is 1.84. The van der Waals surface area contributed by atoms with E-state index in [1.54, 1.807) is 11.0 Å². The van der Waals surface area contributed by atoms with Crippen molar-refractivity contribution in [2.45, 2.75) is 32.1 Å². The van der Waals surface area contributed by atoms with Gasteiger partial charge in [-0.2, -0.15) is 0 Å². The molecule has 2 N–H and O–H groups in total. The van der Waals surface area contributed by atoms with Crippen LogP contribution >= 0.6 is 0 Å². The lowest BCUT2D eigenvalue weighted by molar-refractivity contribution is -0.151. The van der Waals surface area contributed by atoms with E-state index >= 15 is 0 Å². The van der Waals surface area contributed by atoms with E-state index in [0.29, 0.717) is 31.4 Å². The first kappa shape index (κ1) is 16.6. The summed E-state index contributed by atoms with van der Waals surface area (Å²) in [5.74, 6) is -0.913. The number of hydrogen-bond donors (Lipinski definition) is 2. The minimum absolute atomic E-state index is 0.0735. The number of carbonyl (C=O) groups is 2. The van der Waals surface area contributed by atoms with Crippen molar-refractivity contribution in [1.82, 2.24) is 4.90 Å². The normalized spacial score (nSPS) is 23.1. The van der Waals surface area contributed by atoms with E-state index in [4.69, 9.17) is 0 Å². The highest BCUT2D eigenvalue weighted by molar-refractivity contribution is 6.00. The molecule has 1 aromatic rings. The predicted octanol–water partition coefficient (Wildman–Crippen LogP) is 2.93. The molecule has 0 radical (unpaired) electrons. The van der Waals surface area contributed by atoms with E-state index in [-0.39, 0.29) is 12.5 Å². The number of allylic oxidation sites excluding steroid dienone is 1. The fourth-order valence-electron chi connectivity index (χ4n) is 3.87. The molecule has 3 rings (SSSR count). The van der Waals surface area contributed by atoms with Crippen molar-refractivity contribution >= 4 is 17.6 Å². The molecule has 1 fully saturated rings. The Morgan fingerprint density at radius 1 is 1.38 bits per heavy atom. The number of carbonyl (C=O) groups excluding carboxylic acids is 1. The molecular formula is C19H24N2O3. The van der Waals surface area contributed by atoms with E-state index in [2.05, 4.69) is 11.9 Å². The Bertz CT molecular complexity index is 671. The largest absolute Gasteiger partial charge is 0.481 e. The van der Waals surface area contributed by atoms with E-state index in [1.807, 2.05) is 18.2 Å². The summed E-state index contributed by atoms with van der Waals surface area (Å²) in [6.07, 6.45) is 5.36. The van der Waals surface area contributed by atoms with Crippen molar-refractivity contribution in [2.75, 3.05) is 25.0 Å². The molecule has 0 spiro atoms. The molecule has 1 saturated heterocycles. The number of carboxylic acid groups (broad SMARTS) is 1. The van der Waals surface area contributed by atoms with Gasteiger partial charge < -0.3 is 15.3 Å². The lowest BCUT2D eigenvalue weighted by Crippen LogP contribution is -2.49. The third-order valence-electron chi connectivity index (χ3n) is 5.16. The quantitative estimate of drug-likeness (QED) is 0.834. The van der Waals surface area contributed by atoms with Crippen LogP contribution in [0, 0.1) is 5.41 Å². The molecule has 5 heteroatoms. The van der Waals surface area contributed by atoms with Gasteiger partial charge in [-0.05, 0) is 43.7 Å². The Labute approximate surface area is 142 Å². The molecule has 1 amide bonds. The van der Waals surface area contributed by atoms with Crippen LogP contribution in [0.1, 0.15) is 41.6 Å². The Balaban J connectivity index is 1.88. The topological polar surface area (TPSA) is 69.6 Å². The van der Waals surface area contributed by atoms with Crippen LogP contribution in [0.2, 0.25) is 0 Å². The summed E-state index contributed by atoms with van der Waals surface area (Å²) in [6, 6.07) is 5.80. The van der Waals surface area contributed by atoms with Crippen LogP contribution in [0.15, 0.2) is 30.9 Å². The number of para-hydroxylation sites is 1. The molecule has 24 heavy (non-hydrogen) atoms. The van der Waals surface area contributed by atoms with E-state index in [0.717, 1.165) is 25.1 Å². The molecule has 0 bridgehead atoms. The number of nitrogens with one attached hydrogen (secondary N) is 1. The molecule has 1 unspecified atom stereocenters. The number of amides is 1. The van der Waals surface area contributed by atoms with Crippen LogP contribution in [0.25, 0.3) is 0 Å². The van der Waals surface area contributed by atoms with Gasteiger partial charge in [0.1, 0.15) is 0 Å². The number of benzene rings is 1. The number of fused-ring (bicyclic) bond motifs is 1. The molecule has 2 heterocycles. The third-order valence-corrected chi connectivity index (χ3v) is 5.16. The van der Waals surface area contributed by atoms with Gasteiger partial charge >= 0.3 is 5.97 Å². The fourth-order valence-corrected chi connectivity index (χ4v) is 3.87. The smallest absolute Gasteiger partial charge is 0.311 e. The third kappa shape index (κ3) is 2.90. The second-order valence-electron chi connectivity index (χ2n) is 6.78. The Morgan fingerprint density at radius 3 is 2.96 bits per heavy atom. The first-order chi connectivity index (χ1) is 11.6. The number of nitrogens with zero attached hydrogens (tertiary/aromatic N) is 1. The lowest BCUT2D eigenvalue weighted by Gasteiger charge is -2.39. The number of carboxylic acids is 1. The Morgan fingerprint density at radius 2 is 2.21 bits per heavy atom. The zero-order valence-corrected chi connectivity index (χ0v) is 13.9. The minimum Gasteiger partial charge on any atom is -0.481 e. The van der Waals surface area contributed by atoms with Gasteiger partial charge in [-0.25, -0.2) is 0 Å². The lowest BCUT2D eigenvalue weighted by atomic mass is 9.77. The average Bonchev–Trinajstić information content (AvgIpc) is 2.61. The van der Waals surface area contributed by atoms with Crippen LogP contribution in [-0.2, 0) is 11.2 Å². The van der Waals surface area contributed by atoms with Gasteiger partial charge in [0.05, 0.1) is 16.7 Å². The second-order valence-corrected chi connectivity index (χ2v) is 6.78. The van der Waals surface area contributed by atoms with Crippen molar-refractivity contribution in [3.63, 3.8) is 0 Å². The Hall–Kier alpha value is -2.30. The highest BCUT2D eigenvalue weighted by atomic mass is 16.4. The van der Waals surface area contributed by atoms with Gasteiger partial charge in [0.15, 0.2) is 0 Å². The average molecular weight is 328 g/mol. The van der Waals surface area contributed by atoms with E-state index in [1.165, 1.54) is 5.56 Å². The second kappa shape index (κ2) is 6.67. The molecular weight excluding hydrogens is 304 g/mol. The standard InChI is InChI=1S/C19H24N2O3/c1-2-9-19(18(23)24)10-5-12-21(13-19)17(22)15-8-3-6-14-7-4-11-20-16(14)15/h2-3,6,8,20H,1,4-5,7,9-13H2,(H,23,24). The van der Waals surface area contributed by atoms with Crippen LogP contribution in [-0.4, -0.2) is 41.5 Å². The van der Waals surface area contributed by atoms with Crippen molar-refractivity contribution in [2.24, 2.45) is 5.41 Å². The first-order valence-corrected chi connectivity index (χ1v) is 8.57. The van der Waals surface area contributed by atoms with Crippen LogP contribution in [0.4, 0.5) is 5.69 Å². The monoisotopic (exact) mass is 328 g/mol. The molecule has 5 nitrogen and oxygen atoms in total. The molecule has 0 saturated carbocycles. The maximum absolute atomic E-state index is 13.1. The summed E-state index contributed by atoms with van der Waals surface area (Å²) in [5, 5.41) is 13.0. The summed E-state index contributed by atoms with van der Waals surface area (Å²) in [4.78, 5) is 26.6. The van der Waals surface area contributed by atoms with Gasteiger partial charge in [-0.15, -0.1) is 6.58 Å². The summed E-state index contributed by atoms with van der Waals surface area (Å²) in [6.45, 7) is 5.41. The molecule has 2 aliphatic rings. The highest BCUT2D eigenvalue weighted by Gasteiger charge is 2.43. The summed E-state index contributed by atoms with van der Waals surface area (Å²) in [7, 11) is 0. The molecule has 128 valence electrons. The highest BCUT2D eigenvalue weighted by Crippen LogP contribution is 2.36. The van der Waals surface area contributed by atoms with Gasteiger partial charge in [-0.3, -0.25) is 9.59 Å². The minimum atomic E-state index is -0.905. The molecule has 1 atom stereocenters. The number of aryl methyl sites for hydroxylation is 1. The van der Waals surface area contributed by atoms with Crippen LogP contribution < -0.4 is 5.32 Å². The van der Waals surface area contributed by atoms with Gasteiger partial charge in [0.2, 0.25) is 0 Å². The molecule has 0 aromatic heterocycles. The number of piperidine rings is 1. The zero-order valence-electron chi connectivity index (χ0n) is 13.9. The molecule has 2 aliphatic heterocycles. The van der Waals surface area contributed by atoms with Crippen LogP contribution in [0.5, 0.6) is 0 Å². The van der Waals surface area contributed by atoms with Crippen molar-refractivity contribution in [3.05, 3.63) is 42.0 Å². The van der Waals surface area contributed by atoms with Gasteiger partial charge in [0.25, 0.3) is 5.91 Å². The van der Waals surface area contributed by atoms with Crippen LogP contribution in [0.3, 0.4) is 0 Å². The number of aliphatic carboxylic acids is 1.